The van der Waals surface area contributed by atoms with Crippen molar-refractivity contribution < 1.29 is 14.3 Å². The van der Waals surface area contributed by atoms with Gasteiger partial charge in [-0.15, -0.1) is 0 Å². The molecule has 1 aromatic heterocycles. The lowest BCUT2D eigenvalue weighted by Gasteiger charge is -2.16. The summed E-state index contributed by atoms with van der Waals surface area (Å²) in [6, 6.07) is 15.1. The van der Waals surface area contributed by atoms with Crippen molar-refractivity contribution in [1.29, 1.82) is 0 Å². The summed E-state index contributed by atoms with van der Waals surface area (Å²) in [5.41, 5.74) is 2.19. The Morgan fingerprint density at radius 3 is 2.47 bits per heavy atom. The quantitative estimate of drug-likeness (QED) is 0.699. The fourth-order valence-corrected chi connectivity index (χ4v) is 3.42. The molecule has 152 valence electrons. The number of nitrogens with zero attached hydrogens (tertiary/aromatic N) is 1. The van der Waals surface area contributed by atoms with Gasteiger partial charge < -0.3 is 15.4 Å². The molecule has 1 aliphatic heterocycles. The molecule has 2 N–H and O–H groups in total. The van der Waals surface area contributed by atoms with E-state index in [1.807, 2.05) is 13.8 Å². The van der Waals surface area contributed by atoms with E-state index < -0.39 is 5.41 Å². The smallest absolute Gasteiger partial charge is 0.257 e. The van der Waals surface area contributed by atoms with Gasteiger partial charge in [0.1, 0.15) is 5.75 Å². The summed E-state index contributed by atoms with van der Waals surface area (Å²) in [5, 5.41) is 5.68. The maximum Gasteiger partial charge on any atom is 0.257 e. The molecule has 0 atom stereocenters. The Bertz CT molecular complexity index is 1210. The number of hydrogen-bond acceptors (Lipinski definition) is 4. The Morgan fingerprint density at radius 2 is 1.77 bits per heavy atom. The molecule has 30 heavy (non-hydrogen) atoms. The van der Waals surface area contributed by atoms with Gasteiger partial charge in [0.2, 0.25) is 5.91 Å². The number of carbonyl (C=O) groups excluding carboxylic acids is 2. The van der Waals surface area contributed by atoms with Gasteiger partial charge in [0.05, 0.1) is 18.1 Å². The summed E-state index contributed by atoms with van der Waals surface area (Å²) in [5.74, 6) is 0.244. The molecule has 0 spiro atoms. The van der Waals surface area contributed by atoms with Crippen molar-refractivity contribution in [1.82, 2.24) is 4.57 Å². The third kappa shape index (κ3) is 3.34. The van der Waals surface area contributed by atoms with Gasteiger partial charge in [0, 0.05) is 29.3 Å². The first-order valence-corrected chi connectivity index (χ1v) is 9.44. The van der Waals surface area contributed by atoms with Gasteiger partial charge in [-0.2, -0.15) is 0 Å². The number of methoxy groups -OCH3 is 1. The second-order valence-corrected chi connectivity index (χ2v) is 7.62. The van der Waals surface area contributed by atoms with E-state index in [4.69, 9.17) is 4.74 Å². The molecule has 3 aromatic rings. The SMILES string of the molecule is COc1ccc(-n2cc(C(=O)Nc3ccc4c(c3)C(C)(C)C(=O)N4)ccc2=O)cc1. The zero-order valence-electron chi connectivity index (χ0n) is 16.9. The average Bonchev–Trinajstić information content (AvgIpc) is 2.97. The highest BCUT2D eigenvalue weighted by molar-refractivity contribution is 6.07. The van der Waals surface area contributed by atoms with Gasteiger partial charge in [-0.3, -0.25) is 19.0 Å². The molecule has 0 aliphatic carbocycles. The molecule has 2 heterocycles. The molecule has 0 saturated heterocycles. The molecule has 0 bridgehead atoms. The van der Waals surface area contributed by atoms with Crippen LogP contribution >= 0.6 is 0 Å². The van der Waals surface area contributed by atoms with Gasteiger partial charge in [-0.1, -0.05) is 0 Å². The molecule has 4 rings (SSSR count). The summed E-state index contributed by atoms with van der Waals surface area (Å²) in [6.07, 6.45) is 1.50. The molecule has 2 amide bonds. The Kier molecular flexibility index (Phi) is 4.66. The van der Waals surface area contributed by atoms with Gasteiger partial charge in [0.15, 0.2) is 0 Å². The third-order valence-electron chi connectivity index (χ3n) is 5.29. The summed E-state index contributed by atoms with van der Waals surface area (Å²) < 4.78 is 6.55. The molecule has 0 saturated carbocycles. The third-order valence-corrected chi connectivity index (χ3v) is 5.29. The number of rotatable bonds is 4. The molecule has 0 radical (unpaired) electrons. The number of aromatic nitrogens is 1. The van der Waals surface area contributed by atoms with E-state index in [-0.39, 0.29) is 17.4 Å². The predicted octanol–water partition coefficient (Wildman–Crippen LogP) is 3.33. The number of ether oxygens (including phenoxy) is 1. The van der Waals surface area contributed by atoms with E-state index >= 15 is 0 Å². The maximum absolute atomic E-state index is 12.8. The molecule has 2 aromatic carbocycles. The van der Waals surface area contributed by atoms with Crippen LogP contribution in [0.1, 0.15) is 29.8 Å². The molecular weight excluding hydrogens is 382 g/mol. The van der Waals surface area contributed by atoms with E-state index in [0.717, 1.165) is 11.3 Å². The van der Waals surface area contributed by atoms with Crippen molar-refractivity contribution >= 4 is 23.2 Å². The van der Waals surface area contributed by atoms with Gasteiger partial charge in [0.25, 0.3) is 11.5 Å². The largest absolute Gasteiger partial charge is 0.497 e. The highest BCUT2D eigenvalue weighted by Gasteiger charge is 2.38. The standard InChI is InChI=1S/C23H21N3O4/c1-23(2)18-12-15(5-10-19(18)25-22(23)29)24-21(28)14-4-11-20(27)26(13-14)16-6-8-17(30-3)9-7-16/h4-13H,1-3H3,(H,24,28)(H,25,29). The Labute approximate surface area is 173 Å². The lowest BCUT2D eigenvalue weighted by atomic mass is 9.86. The zero-order valence-corrected chi connectivity index (χ0v) is 16.9. The Morgan fingerprint density at radius 1 is 1.03 bits per heavy atom. The van der Waals surface area contributed by atoms with E-state index in [2.05, 4.69) is 10.6 Å². The Balaban J connectivity index is 1.61. The first-order chi connectivity index (χ1) is 14.3. The Hall–Kier alpha value is -3.87. The monoisotopic (exact) mass is 403 g/mol. The normalized spacial score (nSPS) is 14.0. The summed E-state index contributed by atoms with van der Waals surface area (Å²) in [4.78, 5) is 37.2. The van der Waals surface area contributed by atoms with Gasteiger partial charge in [-0.05, 0) is 67.9 Å². The number of anilines is 2. The van der Waals surface area contributed by atoms with Crippen LogP contribution in [0.25, 0.3) is 5.69 Å². The molecule has 0 fully saturated rings. The second kappa shape index (κ2) is 7.18. The first kappa shape index (κ1) is 19.4. The average molecular weight is 403 g/mol. The van der Waals surface area contributed by atoms with Crippen LogP contribution in [0.4, 0.5) is 11.4 Å². The molecular formula is C23H21N3O4. The van der Waals surface area contributed by atoms with Crippen LogP contribution in [0.15, 0.2) is 65.6 Å². The molecule has 1 aliphatic rings. The minimum absolute atomic E-state index is 0.0763. The number of fused-ring (bicyclic) bond motifs is 1. The van der Waals surface area contributed by atoms with Crippen LogP contribution in [0.2, 0.25) is 0 Å². The van der Waals surface area contributed by atoms with Crippen LogP contribution in [0, 0.1) is 0 Å². The van der Waals surface area contributed by atoms with Crippen LogP contribution in [0.5, 0.6) is 5.75 Å². The molecule has 0 unspecified atom stereocenters. The fraction of sp³-hybridized carbons (Fsp3) is 0.174. The van der Waals surface area contributed by atoms with Gasteiger partial charge >= 0.3 is 0 Å². The topological polar surface area (TPSA) is 89.4 Å². The van der Waals surface area contributed by atoms with Gasteiger partial charge in [-0.25, -0.2) is 0 Å². The predicted molar refractivity (Wildman–Crippen MR) is 115 cm³/mol. The number of pyridine rings is 1. The number of hydrogen-bond donors (Lipinski definition) is 2. The van der Waals surface area contributed by atoms with Crippen LogP contribution in [0.3, 0.4) is 0 Å². The first-order valence-electron chi connectivity index (χ1n) is 9.44. The van der Waals surface area contributed by atoms with Crippen molar-refractivity contribution in [2.45, 2.75) is 19.3 Å². The van der Waals surface area contributed by atoms with E-state index in [1.165, 1.54) is 22.9 Å². The fourth-order valence-electron chi connectivity index (χ4n) is 3.42. The van der Waals surface area contributed by atoms with Crippen molar-refractivity contribution in [2.24, 2.45) is 0 Å². The minimum Gasteiger partial charge on any atom is -0.497 e. The highest BCUT2D eigenvalue weighted by atomic mass is 16.5. The number of amides is 2. The van der Waals surface area contributed by atoms with Crippen molar-refractivity contribution in [2.75, 3.05) is 17.7 Å². The number of carbonyl (C=O) groups is 2. The highest BCUT2D eigenvalue weighted by Crippen LogP contribution is 2.38. The second-order valence-electron chi connectivity index (χ2n) is 7.62. The summed E-state index contributed by atoms with van der Waals surface area (Å²) >= 11 is 0. The molecule has 7 nitrogen and oxygen atoms in total. The van der Waals surface area contributed by atoms with Crippen LogP contribution < -0.4 is 20.9 Å². The van der Waals surface area contributed by atoms with Crippen molar-refractivity contribution in [3.05, 3.63) is 82.3 Å². The molecule has 7 heteroatoms. The van der Waals surface area contributed by atoms with Crippen LogP contribution in [-0.2, 0) is 10.2 Å². The maximum atomic E-state index is 12.8. The lowest BCUT2D eigenvalue weighted by molar-refractivity contribution is -0.119. The zero-order chi connectivity index (χ0) is 21.5. The number of nitrogens with one attached hydrogen (secondary N) is 2. The minimum atomic E-state index is -0.669. The van der Waals surface area contributed by atoms with Crippen molar-refractivity contribution in [3.63, 3.8) is 0 Å². The van der Waals surface area contributed by atoms with E-state index in [9.17, 15) is 14.4 Å². The van der Waals surface area contributed by atoms with E-state index in [1.54, 1.807) is 49.6 Å². The van der Waals surface area contributed by atoms with Crippen molar-refractivity contribution in [3.8, 4) is 11.4 Å². The summed E-state index contributed by atoms with van der Waals surface area (Å²) in [7, 11) is 1.57. The number of benzene rings is 2. The van der Waals surface area contributed by atoms with Crippen LogP contribution in [-0.4, -0.2) is 23.5 Å². The summed E-state index contributed by atoms with van der Waals surface area (Å²) in [6.45, 7) is 3.68. The van der Waals surface area contributed by atoms with E-state index in [0.29, 0.717) is 22.7 Å². The lowest BCUT2D eigenvalue weighted by Crippen LogP contribution is -2.27.